The number of phenols is 1. The van der Waals surface area contributed by atoms with Crippen molar-refractivity contribution in [3.63, 3.8) is 0 Å². The first kappa shape index (κ1) is 30.4. The minimum atomic E-state index is -0.916. The Bertz CT molecular complexity index is 1600. The summed E-state index contributed by atoms with van der Waals surface area (Å²) >= 11 is 0. The largest absolute Gasteiger partial charge is 0.504 e. The van der Waals surface area contributed by atoms with Crippen LogP contribution in [0.3, 0.4) is 0 Å². The normalized spacial score (nSPS) is 20.9. The summed E-state index contributed by atoms with van der Waals surface area (Å²) in [6.45, 7) is 4.83. The van der Waals surface area contributed by atoms with Crippen LogP contribution >= 0.6 is 0 Å². The number of ether oxygens (including phenoxy) is 2. The number of aryl methyl sites for hydroxylation is 2. The Kier molecular flexibility index (Phi) is 8.74. The van der Waals surface area contributed by atoms with Gasteiger partial charge in [-0.25, -0.2) is 4.98 Å². The van der Waals surface area contributed by atoms with Gasteiger partial charge in [-0.1, -0.05) is 6.07 Å². The first-order valence-corrected chi connectivity index (χ1v) is 14.3. The summed E-state index contributed by atoms with van der Waals surface area (Å²) in [5.74, 6) is 0.0994. The molecule has 6 bridgehead atoms. The highest BCUT2D eigenvalue weighted by Gasteiger charge is 2.41. The second-order valence-corrected chi connectivity index (χ2v) is 10.9. The predicted octanol–water partition coefficient (Wildman–Crippen LogP) is 2.33. The molecule has 3 aromatic rings. The average molecular weight is 606 g/mol. The maximum absolute atomic E-state index is 13.5. The van der Waals surface area contributed by atoms with Crippen LogP contribution in [0.2, 0.25) is 0 Å². The van der Waals surface area contributed by atoms with E-state index in [9.17, 15) is 24.3 Å². The van der Waals surface area contributed by atoms with Crippen LogP contribution in [0, 0.1) is 6.92 Å². The lowest BCUT2D eigenvalue weighted by atomic mass is 10.1. The van der Waals surface area contributed by atoms with Gasteiger partial charge in [0.1, 0.15) is 23.5 Å². The number of aromatic nitrogens is 1. The Morgan fingerprint density at radius 2 is 1.93 bits per heavy atom. The fourth-order valence-corrected chi connectivity index (χ4v) is 5.41. The number of carbonyl (C=O) groups is 4. The monoisotopic (exact) mass is 605 g/mol. The molecule has 4 amide bonds. The fraction of sp³-hybridized carbons (Fsp3) is 0.387. The molecule has 4 N–H and O–H groups in total. The number of aromatic hydroxyl groups is 1. The third-order valence-electron chi connectivity index (χ3n) is 7.66. The lowest BCUT2D eigenvalue weighted by Gasteiger charge is -2.27. The standard InChI is InChI=1S/C31H35N5O8/c1-16-31(41)36-15-21(34-18(3)37)13-23(36)29(40)32-14-22-17(2)43-30(35-22)20-7-9-25(27(12-20)42-4)44-26-11-19(5-8-24(26)38)6-10-28(39)33-16/h5,7-9,11-12,16,21,23,38H,6,10,13-15H2,1-4H3,(H,32,40)(H,33,39)(H,34,37)/t16-,21+,23+/m1/s1. The van der Waals surface area contributed by atoms with E-state index in [1.807, 2.05) is 0 Å². The van der Waals surface area contributed by atoms with E-state index >= 15 is 0 Å². The predicted molar refractivity (Wildman–Crippen MR) is 157 cm³/mol. The van der Waals surface area contributed by atoms with Crippen molar-refractivity contribution < 1.29 is 38.2 Å². The van der Waals surface area contributed by atoms with Crippen molar-refractivity contribution in [2.45, 2.75) is 64.7 Å². The molecule has 2 aromatic carbocycles. The van der Waals surface area contributed by atoms with Gasteiger partial charge in [0.15, 0.2) is 23.0 Å². The molecule has 3 aliphatic heterocycles. The topological polar surface area (TPSA) is 172 Å². The highest BCUT2D eigenvalue weighted by atomic mass is 16.5. The number of amides is 4. The molecule has 13 nitrogen and oxygen atoms in total. The third-order valence-corrected chi connectivity index (χ3v) is 7.66. The Labute approximate surface area is 253 Å². The van der Waals surface area contributed by atoms with Crippen LogP contribution in [0.5, 0.6) is 23.0 Å². The Hall–Kier alpha value is -5.07. The highest BCUT2D eigenvalue weighted by molar-refractivity contribution is 5.92. The molecule has 44 heavy (non-hydrogen) atoms. The molecule has 4 heterocycles. The first-order chi connectivity index (χ1) is 21.0. The Morgan fingerprint density at radius 3 is 2.68 bits per heavy atom. The summed E-state index contributed by atoms with van der Waals surface area (Å²) < 4.78 is 17.4. The summed E-state index contributed by atoms with van der Waals surface area (Å²) in [7, 11) is 1.49. The molecule has 13 heteroatoms. The lowest BCUT2D eigenvalue weighted by molar-refractivity contribution is -0.141. The van der Waals surface area contributed by atoms with Crippen LogP contribution in [0.25, 0.3) is 11.5 Å². The molecule has 1 aromatic heterocycles. The molecular formula is C31H35N5O8. The quantitative estimate of drug-likeness (QED) is 0.342. The number of hydrogen-bond acceptors (Lipinski definition) is 9. The molecule has 1 fully saturated rings. The van der Waals surface area contributed by atoms with Gasteiger partial charge in [0, 0.05) is 31.5 Å². The molecule has 6 rings (SSSR count). The number of methoxy groups -OCH3 is 1. The van der Waals surface area contributed by atoms with Crippen LogP contribution in [0.1, 0.15) is 43.7 Å². The van der Waals surface area contributed by atoms with E-state index in [1.165, 1.54) is 25.0 Å². The smallest absolute Gasteiger partial charge is 0.245 e. The minimum Gasteiger partial charge on any atom is -0.504 e. The number of nitrogens with zero attached hydrogens (tertiary/aromatic N) is 2. The van der Waals surface area contributed by atoms with Crippen molar-refractivity contribution in [1.29, 1.82) is 0 Å². The van der Waals surface area contributed by atoms with Gasteiger partial charge < -0.3 is 39.8 Å². The molecule has 1 saturated heterocycles. The average Bonchev–Trinajstić information content (AvgIpc) is 3.58. The van der Waals surface area contributed by atoms with Gasteiger partial charge in [-0.3, -0.25) is 19.2 Å². The number of nitrogens with one attached hydrogen (secondary N) is 3. The van der Waals surface area contributed by atoms with Gasteiger partial charge in [-0.15, -0.1) is 0 Å². The molecular weight excluding hydrogens is 570 g/mol. The van der Waals surface area contributed by atoms with Gasteiger partial charge in [-0.2, -0.15) is 0 Å². The lowest BCUT2D eigenvalue weighted by Crippen LogP contribution is -2.52. The van der Waals surface area contributed by atoms with Crippen LogP contribution < -0.4 is 25.4 Å². The van der Waals surface area contributed by atoms with Crippen LogP contribution in [-0.2, 0) is 32.1 Å². The summed E-state index contributed by atoms with van der Waals surface area (Å²) in [5.41, 5.74) is 1.81. The maximum Gasteiger partial charge on any atom is 0.245 e. The number of carbonyl (C=O) groups excluding carboxylic acids is 4. The second kappa shape index (κ2) is 12.7. The zero-order chi connectivity index (χ0) is 31.5. The molecule has 0 spiro atoms. The van der Waals surface area contributed by atoms with E-state index in [-0.39, 0.29) is 49.2 Å². The van der Waals surface area contributed by atoms with Gasteiger partial charge in [0.2, 0.25) is 29.5 Å². The van der Waals surface area contributed by atoms with E-state index in [4.69, 9.17) is 13.9 Å². The fourth-order valence-electron chi connectivity index (χ4n) is 5.41. The van der Waals surface area contributed by atoms with Crippen molar-refractivity contribution in [2.24, 2.45) is 0 Å². The van der Waals surface area contributed by atoms with Crippen molar-refractivity contribution in [2.75, 3.05) is 13.7 Å². The highest BCUT2D eigenvalue weighted by Crippen LogP contribution is 2.39. The van der Waals surface area contributed by atoms with E-state index in [1.54, 1.807) is 44.2 Å². The number of fused-ring (bicyclic) bond motifs is 9. The van der Waals surface area contributed by atoms with Crippen molar-refractivity contribution in [3.8, 4) is 34.5 Å². The second-order valence-electron chi connectivity index (χ2n) is 10.9. The number of benzene rings is 2. The molecule has 3 atom stereocenters. The summed E-state index contributed by atoms with van der Waals surface area (Å²) in [6, 6.07) is 7.68. The molecule has 0 unspecified atom stereocenters. The van der Waals surface area contributed by atoms with E-state index in [2.05, 4.69) is 20.9 Å². The maximum atomic E-state index is 13.5. The minimum absolute atomic E-state index is 0.0394. The zero-order valence-electron chi connectivity index (χ0n) is 24.9. The summed E-state index contributed by atoms with van der Waals surface area (Å²) in [5, 5.41) is 18.8. The van der Waals surface area contributed by atoms with E-state index in [0.717, 1.165) is 5.56 Å². The Balaban J connectivity index is 1.49. The first-order valence-electron chi connectivity index (χ1n) is 14.3. The number of phenolic OH excluding ortho intramolecular Hbond substituents is 1. The van der Waals surface area contributed by atoms with E-state index < -0.39 is 29.9 Å². The van der Waals surface area contributed by atoms with Crippen molar-refractivity contribution in [1.82, 2.24) is 25.8 Å². The SMILES string of the molecule is COc1cc2ccc1Oc1cc(ccc1O)CCC(=O)N[C@H](C)C(=O)N1C[C@@H](NC(C)=O)C[C@H]1C(=O)NCc1nc-2oc1C. The third kappa shape index (κ3) is 6.61. The summed E-state index contributed by atoms with van der Waals surface area (Å²) in [6.07, 6.45) is 0.595. The van der Waals surface area contributed by atoms with E-state index in [0.29, 0.717) is 40.8 Å². The number of oxazole rings is 1. The van der Waals surface area contributed by atoms with Gasteiger partial charge in [0.05, 0.1) is 13.7 Å². The Morgan fingerprint density at radius 1 is 1.14 bits per heavy atom. The molecule has 0 radical (unpaired) electrons. The summed E-state index contributed by atoms with van der Waals surface area (Å²) in [4.78, 5) is 57.4. The van der Waals surface area contributed by atoms with Crippen LogP contribution in [0.15, 0.2) is 40.8 Å². The van der Waals surface area contributed by atoms with Crippen molar-refractivity contribution in [3.05, 3.63) is 53.4 Å². The number of rotatable bonds is 2. The van der Waals surface area contributed by atoms with Crippen molar-refractivity contribution >= 4 is 23.6 Å². The van der Waals surface area contributed by atoms with Gasteiger partial charge >= 0.3 is 0 Å². The molecule has 3 aliphatic rings. The molecule has 0 saturated carbocycles. The zero-order valence-corrected chi connectivity index (χ0v) is 24.9. The molecule has 0 aliphatic carbocycles. The van der Waals surface area contributed by atoms with Crippen LogP contribution in [-0.4, -0.2) is 70.4 Å². The van der Waals surface area contributed by atoms with Gasteiger partial charge in [-0.05, 0) is 62.6 Å². The molecule has 232 valence electrons. The number of hydrogen-bond donors (Lipinski definition) is 4. The van der Waals surface area contributed by atoms with Crippen LogP contribution in [0.4, 0.5) is 0 Å². The van der Waals surface area contributed by atoms with Gasteiger partial charge in [0.25, 0.3) is 0 Å².